The number of aryl methyl sites for hydroxylation is 1. The third-order valence-corrected chi connectivity index (χ3v) is 4.51. The third-order valence-electron chi connectivity index (χ3n) is 4.21. The van der Waals surface area contributed by atoms with Gasteiger partial charge in [-0.3, -0.25) is 4.79 Å². The largest absolute Gasteiger partial charge is 0.572 e. The second kappa shape index (κ2) is 10.9. The number of allylic oxidation sites excluding steroid dienone is 5. The van der Waals surface area contributed by atoms with Crippen LogP contribution in [0.1, 0.15) is 25.1 Å². The van der Waals surface area contributed by atoms with Crippen LogP contribution < -0.4 is 4.74 Å². The maximum atomic E-state index is 11.6. The van der Waals surface area contributed by atoms with Crippen molar-refractivity contribution in [3.63, 3.8) is 0 Å². The molecule has 0 radical (unpaired) electrons. The predicted octanol–water partition coefficient (Wildman–Crippen LogP) is 6.33. The Morgan fingerprint density at radius 3 is 2.42 bits per heavy atom. The summed E-state index contributed by atoms with van der Waals surface area (Å²) in [6, 6.07) is 3.59. The number of hydrogen-bond donors (Lipinski definition) is 1. The van der Waals surface area contributed by atoms with E-state index >= 15 is 0 Å². The molecule has 1 N–H and O–H groups in total. The molecule has 0 aliphatic heterocycles. The molecular weight excluding hydrogens is 435 g/mol. The van der Waals surface area contributed by atoms with Crippen LogP contribution in [0.2, 0.25) is 5.02 Å². The lowest BCUT2D eigenvalue weighted by molar-refractivity contribution is -0.305. The van der Waals surface area contributed by atoms with E-state index in [4.69, 9.17) is 21.4 Å². The third kappa shape index (κ3) is 8.05. The Morgan fingerprint density at radius 1 is 1.32 bits per heavy atom. The summed E-state index contributed by atoms with van der Waals surface area (Å²) in [5.41, 5.74) is 3.40. The summed E-state index contributed by atoms with van der Waals surface area (Å²) in [5.74, 6) is -0.495. The fraction of sp³-hybridized carbons (Fsp3) is 0.318. The minimum absolute atomic E-state index is 0.00599. The molecule has 0 amide bonds. The smallest absolute Gasteiger partial charge is 0.495 e. The van der Waals surface area contributed by atoms with Gasteiger partial charge in [-0.25, -0.2) is 0 Å². The maximum Gasteiger partial charge on any atom is 0.572 e. The van der Waals surface area contributed by atoms with E-state index in [1.54, 1.807) is 32.2 Å². The standard InChI is InChI=1S/C13H14ClNO3.C9H11F3O/c1-7-8(5-13(16)17)9-4-12(18-3)10(14)6-11(9)15(7)2;1-7(2)5-4-6-8(3)13-9(10,11)12/h4,6H,5H2,1-3H3,(H,16,17);4-6H,1H2,2-3H3/b;5-4-,8-6+. The zero-order chi connectivity index (χ0) is 23.9. The number of carbonyl (C=O) groups is 1. The lowest BCUT2D eigenvalue weighted by Gasteiger charge is -2.07. The number of alkyl halides is 3. The van der Waals surface area contributed by atoms with Crippen LogP contribution in [0.4, 0.5) is 13.2 Å². The Morgan fingerprint density at radius 2 is 1.94 bits per heavy atom. The van der Waals surface area contributed by atoms with Crippen LogP contribution in [0.5, 0.6) is 5.75 Å². The van der Waals surface area contributed by atoms with Crippen molar-refractivity contribution >= 4 is 28.5 Å². The lowest BCUT2D eigenvalue weighted by Crippen LogP contribution is -2.11. The van der Waals surface area contributed by atoms with E-state index < -0.39 is 12.3 Å². The van der Waals surface area contributed by atoms with Gasteiger partial charge in [0.05, 0.1) is 24.1 Å². The molecule has 1 heterocycles. The maximum absolute atomic E-state index is 11.6. The molecule has 5 nitrogen and oxygen atoms in total. The Labute approximate surface area is 184 Å². The summed E-state index contributed by atoms with van der Waals surface area (Å²) in [4.78, 5) is 10.9. The molecule has 1 aromatic heterocycles. The average molecular weight is 460 g/mol. The minimum atomic E-state index is -4.61. The van der Waals surface area contributed by atoms with Crippen LogP contribution in [-0.4, -0.2) is 29.1 Å². The van der Waals surface area contributed by atoms with Crippen molar-refractivity contribution in [3.8, 4) is 5.75 Å². The number of aliphatic carboxylic acids is 1. The first-order valence-corrected chi connectivity index (χ1v) is 9.44. The fourth-order valence-electron chi connectivity index (χ4n) is 2.74. The number of rotatable bonds is 6. The Bertz CT molecular complexity index is 1020. The molecule has 0 atom stereocenters. The molecule has 0 aliphatic carbocycles. The van der Waals surface area contributed by atoms with Crippen molar-refractivity contribution in [2.45, 2.75) is 33.6 Å². The van der Waals surface area contributed by atoms with Crippen molar-refractivity contribution in [2.75, 3.05) is 7.11 Å². The van der Waals surface area contributed by atoms with Gasteiger partial charge in [-0.05, 0) is 44.5 Å². The number of hydrogen-bond acceptors (Lipinski definition) is 3. The normalized spacial score (nSPS) is 12.0. The summed E-state index contributed by atoms with van der Waals surface area (Å²) >= 11 is 6.09. The molecule has 0 aliphatic rings. The van der Waals surface area contributed by atoms with E-state index in [1.807, 2.05) is 18.5 Å². The molecule has 170 valence electrons. The summed E-state index contributed by atoms with van der Waals surface area (Å²) in [6.45, 7) is 8.42. The highest BCUT2D eigenvalue weighted by molar-refractivity contribution is 6.32. The quantitative estimate of drug-likeness (QED) is 0.404. The number of fused-ring (bicyclic) bond motifs is 1. The highest BCUT2D eigenvalue weighted by atomic mass is 35.5. The van der Waals surface area contributed by atoms with Crippen LogP contribution in [0, 0.1) is 6.92 Å². The van der Waals surface area contributed by atoms with Gasteiger partial charge < -0.3 is 19.1 Å². The molecule has 9 heteroatoms. The highest BCUT2D eigenvalue weighted by Gasteiger charge is 2.30. The molecule has 0 unspecified atom stereocenters. The van der Waals surface area contributed by atoms with Crippen LogP contribution in [0.25, 0.3) is 10.9 Å². The van der Waals surface area contributed by atoms with Crippen LogP contribution >= 0.6 is 11.6 Å². The van der Waals surface area contributed by atoms with Crippen molar-refractivity contribution in [1.82, 2.24) is 4.57 Å². The molecule has 0 fully saturated rings. The molecule has 0 saturated heterocycles. The van der Waals surface area contributed by atoms with Crippen LogP contribution in [0.3, 0.4) is 0 Å². The Kier molecular flexibility index (Phi) is 9.24. The Balaban J connectivity index is 0.000000330. The zero-order valence-corrected chi connectivity index (χ0v) is 18.7. The number of benzene rings is 1. The first-order valence-electron chi connectivity index (χ1n) is 9.06. The van der Waals surface area contributed by atoms with Crippen molar-refractivity contribution in [3.05, 3.63) is 64.6 Å². The van der Waals surface area contributed by atoms with Gasteiger partial charge in [-0.15, -0.1) is 13.2 Å². The van der Waals surface area contributed by atoms with Crippen molar-refractivity contribution < 1.29 is 32.5 Å². The first kappa shape index (κ1) is 26.2. The molecule has 2 rings (SSSR count). The molecule has 2 aromatic rings. The number of methoxy groups -OCH3 is 1. The predicted molar refractivity (Wildman–Crippen MR) is 115 cm³/mol. The van der Waals surface area contributed by atoms with Crippen molar-refractivity contribution in [1.29, 1.82) is 0 Å². The summed E-state index contributed by atoms with van der Waals surface area (Å²) < 4.78 is 45.5. The SMILES string of the molecule is C=C(C)/C=C\C=C(/C)OC(F)(F)F.COc1cc2c(CC(=O)O)c(C)n(C)c2cc1Cl. The second-order valence-electron chi connectivity index (χ2n) is 6.73. The molecule has 31 heavy (non-hydrogen) atoms. The van der Waals surface area contributed by atoms with Gasteiger partial charge in [0, 0.05) is 18.1 Å². The van der Waals surface area contributed by atoms with Crippen LogP contribution in [0.15, 0.2) is 48.3 Å². The molecule has 0 saturated carbocycles. The number of aromatic nitrogens is 1. The van der Waals surface area contributed by atoms with Gasteiger partial charge in [0.25, 0.3) is 0 Å². The number of halogens is 4. The summed E-state index contributed by atoms with van der Waals surface area (Å²) in [6.07, 6.45) is -0.361. The van der Waals surface area contributed by atoms with E-state index in [0.717, 1.165) is 27.7 Å². The number of nitrogens with zero attached hydrogens (tertiary/aromatic N) is 1. The monoisotopic (exact) mass is 459 g/mol. The second-order valence-corrected chi connectivity index (χ2v) is 7.14. The van der Waals surface area contributed by atoms with Crippen molar-refractivity contribution in [2.24, 2.45) is 7.05 Å². The highest BCUT2D eigenvalue weighted by Crippen LogP contribution is 2.34. The molecule has 0 spiro atoms. The van der Waals surface area contributed by atoms with Gasteiger partial charge >= 0.3 is 12.3 Å². The molecule has 1 aromatic carbocycles. The van der Waals surface area contributed by atoms with Gasteiger partial charge in [-0.2, -0.15) is 0 Å². The average Bonchev–Trinajstić information content (AvgIpc) is 2.84. The van der Waals surface area contributed by atoms with E-state index in [9.17, 15) is 18.0 Å². The molecule has 0 bridgehead atoms. The van der Waals surface area contributed by atoms with Gasteiger partial charge in [0.2, 0.25) is 0 Å². The fourth-order valence-corrected chi connectivity index (χ4v) is 2.97. The van der Waals surface area contributed by atoms with E-state index in [-0.39, 0.29) is 12.2 Å². The number of ether oxygens (including phenoxy) is 2. The van der Waals surface area contributed by atoms with E-state index in [1.165, 1.54) is 19.1 Å². The number of carboxylic acid groups (broad SMARTS) is 1. The zero-order valence-electron chi connectivity index (χ0n) is 17.9. The van der Waals surface area contributed by atoms with E-state index in [2.05, 4.69) is 11.3 Å². The molecular formula is C22H25ClF3NO4. The Hall–Kier alpha value is -2.87. The lowest BCUT2D eigenvalue weighted by atomic mass is 10.1. The van der Waals surface area contributed by atoms with Gasteiger partial charge in [0.1, 0.15) is 11.5 Å². The topological polar surface area (TPSA) is 60.7 Å². The summed E-state index contributed by atoms with van der Waals surface area (Å²) in [7, 11) is 3.44. The number of carboxylic acids is 1. The summed E-state index contributed by atoms with van der Waals surface area (Å²) in [5, 5.41) is 10.4. The van der Waals surface area contributed by atoms with Crippen LogP contribution in [-0.2, 0) is 23.0 Å². The van der Waals surface area contributed by atoms with Gasteiger partial charge in [-0.1, -0.05) is 35.9 Å². The van der Waals surface area contributed by atoms with E-state index in [0.29, 0.717) is 10.8 Å². The van der Waals surface area contributed by atoms with Gasteiger partial charge in [0.15, 0.2) is 0 Å². The minimum Gasteiger partial charge on any atom is -0.495 e. The first-order chi connectivity index (χ1) is 14.3.